The first-order valence-corrected chi connectivity index (χ1v) is 7.50. The number of hydrogen-bond donors (Lipinski definition) is 3. The molecule has 0 saturated carbocycles. The minimum Gasteiger partial charge on any atom is -0.480 e. The molecule has 0 unspecified atom stereocenters. The summed E-state index contributed by atoms with van der Waals surface area (Å²) in [5.74, 6) is -0.943. The van der Waals surface area contributed by atoms with Crippen molar-refractivity contribution in [1.82, 2.24) is 10.3 Å². The van der Waals surface area contributed by atoms with Gasteiger partial charge in [-0.1, -0.05) is 18.2 Å². The van der Waals surface area contributed by atoms with Crippen LogP contribution in [-0.2, 0) is 9.53 Å². The number of para-hydroxylation sites is 1. The Labute approximate surface area is 132 Å². The number of fused-ring (bicyclic) bond motifs is 1. The molecule has 1 aromatic carbocycles. The lowest BCUT2D eigenvalue weighted by Crippen LogP contribution is -2.48. The van der Waals surface area contributed by atoms with E-state index in [-0.39, 0.29) is 11.8 Å². The molecule has 23 heavy (non-hydrogen) atoms. The van der Waals surface area contributed by atoms with Gasteiger partial charge in [-0.2, -0.15) is 0 Å². The van der Waals surface area contributed by atoms with Gasteiger partial charge in [0.1, 0.15) is 6.04 Å². The monoisotopic (exact) mass is 318 g/mol. The topological polar surface area (TPSA) is 101 Å². The zero-order chi connectivity index (χ0) is 16.2. The van der Waals surface area contributed by atoms with E-state index < -0.39 is 18.1 Å². The van der Waals surface area contributed by atoms with E-state index in [4.69, 9.17) is 9.47 Å². The number of aromatic nitrogens is 1. The molecule has 1 atom stereocenters. The second kappa shape index (κ2) is 6.70. The Morgan fingerprint density at radius 3 is 2.74 bits per heavy atom. The molecule has 1 saturated heterocycles. The number of aromatic amines is 1. The van der Waals surface area contributed by atoms with Crippen molar-refractivity contribution in [1.29, 1.82) is 0 Å². The summed E-state index contributed by atoms with van der Waals surface area (Å²) in [7, 11) is 0. The van der Waals surface area contributed by atoms with Gasteiger partial charge in [0.25, 0.3) is 0 Å². The molecule has 122 valence electrons. The lowest BCUT2D eigenvalue weighted by molar-refractivity contribution is -0.141. The van der Waals surface area contributed by atoms with Crippen LogP contribution in [0.1, 0.15) is 12.8 Å². The zero-order valence-corrected chi connectivity index (χ0v) is 12.5. The van der Waals surface area contributed by atoms with E-state index in [0.29, 0.717) is 26.1 Å². The summed E-state index contributed by atoms with van der Waals surface area (Å²) in [6.45, 7) is 1.01. The third-order valence-corrected chi connectivity index (χ3v) is 3.98. The number of benzene rings is 1. The normalized spacial score (nSPS) is 16.9. The average Bonchev–Trinajstić information content (AvgIpc) is 2.95. The van der Waals surface area contributed by atoms with Crippen LogP contribution < -0.4 is 10.1 Å². The Morgan fingerprint density at radius 2 is 2.04 bits per heavy atom. The number of carboxylic acids is 1. The van der Waals surface area contributed by atoms with E-state index in [9.17, 15) is 14.7 Å². The highest BCUT2D eigenvalue weighted by molar-refractivity contribution is 5.84. The fraction of sp³-hybridized carbons (Fsp3) is 0.375. The Balaban J connectivity index is 1.65. The SMILES string of the molecule is O=C(N[C@H](C(=O)O)C1CCOCC1)Oc1cc2ccccc2[nH]1. The standard InChI is InChI=1S/C16H18N2O5/c19-15(20)14(10-5-7-22-8-6-10)18-16(21)23-13-9-11-3-1-2-4-12(11)17-13/h1-4,9-10,14,17H,5-8H2,(H,18,21)(H,19,20)/t14-/m0/s1. The smallest absolute Gasteiger partial charge is 0.414 e. The van der Waals surface area contributed by atoms with Gasteiger partial charge < -0.3 is 24.9 Å². The zero-order valence-electron chi connectivity index (χ0n) is 12.5. The molecule has 3 N–H and O–H groups in total. The van der Waals surface area contributed by atoms with Gasteiger partial charge in [0.2, 0.25) is 5.88 Å². The van der Waals surface area contributed by atoms with Gasteiger partial charge in [0.05, 0.1) is 0 Å². The third-order valence-electron chi connectivity index (χ3n) is 3.98. The van der Waals surface area contributed by atoms with Gasteiger partial charge in [-0.05, 0) is 24.8 Å². The molecule has 0 spiro atoms. The lowest BCUT2D eigenvalue weighted by Gasteiger charge is -2.27. The predicted octanol–water partition coefficient (Wildman–Crippen LogP) is 2.14. The maximum absolute atomic E-state index is 12.0. The first-order chi connectivity index (χ1) is 11.1. The first-order valence-electron chi connectivity index (χ1n) is 7.50. The van der Waals surface area contributed by atoms with Crippen LogP contribution in [0, 0.1) is 5.92 Å². The molecule has 3 rings (SSSR count). The Morgan fingerprint density at radius 1 is 1.30 bits per heavy atom. The second-order valence-corrected chi connectivity index (χ2v) is 5.52. The molecule has 2 aromatic rings. The summed E-state index contributed by atoms with van der Waals surface area (Å²) in [6, 6.07) is 8.22. The summed E-state index contributed by atoms with van der Waals surface area (Å²) in [4.78, 5) is 26.4. The van der Waals surface area contributed by atoms with Gasteiger partial charge in [0.15, 0.2) is 0 Å². The molecule has 0 radical (unpaired) electrons. The predicted molar refractivity (Wildman–Crippen MR) is 82.4 cm³/mol. The molecule has 1 fully saturated rings. The summed E-state index contributed by atoms with van der Waals surface area (Å²) in [5.41, 5.74) is 0.842. The average molecular weight is 318 g/mol. The first kappa shape index (κ1) is 15.4. The van der Waals surface area contributed by atoms with E-state index in [2.05, 4.69) is 10.3 Å². The highest BCUT2D eigenvalue weighted by Gasteiger charge is 2.31. The van der Waals surface area contributed by atoms with Crippen molar-refractivity contribution in [2.24, 2.45) is 5.92 Å². The number of carboxylic acid groups (broad SMARTS) is 1. The van der Waals surface area contributed by atoms with Crippen molar-refractivity contribution >= 4 is 23.0 Å². The Bertz CT molecular complexity index is 672. The van der Waals surface area contributed by atoms with Crippen molar-refractivity contribution in [3.63, 3.8) is 0 Å². The third kappa shape index (κ3) is 3.62. The molecule has 1 aliphatic rings. The minimum atomic E-state index is -1.06. The van der Waals surface area contributed by atoms with E-state index in [1.807, 2.05) is 24.3 Å². The largest absolute Gasteiger partial charge is 0.480 e. The number of carbonyl (C=O) groups is 2. The van der Waals surface area contributed by atoms with E-state index in [1.165, 1.54) is 0 Å². The van der Waals surface area contributed by atoms with Crippen LogP contribution in [0.15, 0.2) is 30.3 Å². The molecule has 7 nitrogen and oxygen atoms in total. The number of amides is 1. The summed E-state index contributed by atoms with van der Waals surface area (Å²) in [5, 5.41) is 12.7. The van der Waals surface area contributed by atoms with Crippen LogP contribution in [0.5, 0.6) is 5.88 Å². The second-order valence-electron chi connectivity index (χ2n) is 5.52. The van der Waals surface area contributed by atoms with Crippen LogP contribution in [0.4, 0.5) is 4.79 Å². The molecule has 1 amide bonds. The molecule has 1 aromatic heterocycles. The Hall–Kier alpha value is -2.54. The molecule has 0 aliphatic carbocycles. The highest BCUT2D eigenvalue weighted by Crippen LogP contribution is 2.21. The maximum atomic E-state index is 12.0. The number of ether oxygens (including phenoxy) is 2. The van der Waals surface area contributed by atoms with Gasteiger partial charge in [-0.25, -0.2) is 9.59 Å². The summed E-state index contributed by atoms with van der Waals surface area (Å²) < 4.78 is 10.4. The van der Waals surface area contributed by atoms with Crippen molar-refractivity contribution in [3.05, 3.63) is 30.3 Å². The quantitative estimate of drug-likeness (QED) is 0.802. The van der Waals surface area contributed by atoms with E-state index >= 15 is 0 Å². The van der Waals surface area contributed by atoms with Gasteiger partial charge in [-0.3, -0.25) is 0 Å². The van der Waals surface area contributed by atoms with Crippen molar-refractivity contribution in [2.45, 2.75) is 18.9 Å². The fourth-order valence-corrected chi connectivity index (χ4v) is 2.79. The van der Waals surface area contributed by atoms with Crippen LogP contribution in [-0.4, -0.2) is 41.4 Å². The number of aliphatic carboxylic acids is 1. The van der Waals surface area contributed by atoms with Crippen molar-refractivity contribution in [2.75, 3.05) is 13.2 Å². The van der Waals surface area contributed by atoms with Crippen molar-refractivity contribution < 1.29 is 24.2 Å². The van der Waals surface area contributed by atoms with Gasteiger partial charge in [-0.15, -0.1) is 0 Å². The summed E-state index contributed by atoms with van der Waals surface area (Å²) in [6.07, 6.45) is 0.420. The molecule has 1 aliphatic heterocycles. The molecular weight excluding hydrogens is 300 g/mol. The minimum absolute atomic E-state index is 0.156. The molecular formula is C16H18N2O5. The lowest BCUT2D eigenvalue weighted by atomic mass is 9.92. The van der Waals surface area contributed by atoms with E-state index in [0.717, 1.165) is 10.9 Å². The maximum Gasteiger partial charge on any atom is 0.414 e. The van der Waals surface area contributed by atoms with Crippen molar-refractivity contribution in [3.8, 4) is 5.88 Å². The molecule has 2 heterocycles. The fourth-order valence-electron chi connectivity index (χ4n) is 2.79. The number of H-pyrrole nitrogens is 1. The van der Waals surface area contributed by atoms with Crippen LogP contribution in [0.25, 0.3) is 10.9 Å². The number of hydrogen-bond acceptors (Lipinski definition) is 4. The molecule has 0 bridgehead atoms. The Kier molecular flexibility index (Phi) is 4.47. The number of carbonyl (C=O) groups excluding carboxylic acids is 1. The highest BCUT2D eigenvalue weighted by atomic mass is 16.6. The van der Waals surface area contributed by atoms with Crippen LogP contribution in [0.2, 0.25) is 0 Å². The van der Waals surface area contributed by atoms with Crippen LogP contribution in [0.3, 0.4) is 0 Å². The number of rotatable bonds is 4. The molecule has 7 heteroatoms. The summed E-state index contributed by atoms with van der Waals surface area (Å²) >= 11 is 0. The van der Waals surface area contributed by atoms with Crippen LogP contribution >= 0.6 is 0 Å². The van der Waals surface area contributed by atoms with Gasteiger partial charge in [0, 0.05) is 30.2 Å². The van der Waals surface area contributed by atoms with Gasteiger partial charge >= 0.3 is 12.1 Å². The number of nitrogens with one attached hydrogen (secondary N) is 2. The van der Waals surface area contributed by atoms with E-state index in [1.54, 1.807) is 6.07 Å².